The van der Waals surface area contributed by atoms with Gasteiger partial charge in [0.05, 0.1) is 24.9 Å². The molecule has 1 fully saturated rings. The predicted octanol–water partition coefficient (Wildman–Crippen LogP) is 3.54. The third-order valence-electron chi connectivity index (χ3n) is 5.32. The number of methoxy groups -OCH3 is 1. The van der Waals surface area contributed by atoms with Gasteiger partial charge in [0.25, 0.3) is 0 Å². The summed E-state index contributed by atoms with van der Waals surface area (Å²) in [5, 5.41) is 4.91. The molecule has 156 valence electrons. The summed E-state index contributed by atoms with van der Waals surface area (Å²) < 4.78 is 13.2. The Hall–Kier alpha value is -2.64. The number of ether oxygens (including phenoxy) is 2. The number of aromatic nitrogens is 4. The maximum absolute atomic E-state index is 12.7. The summed E-state index contributed by atoms with van der Waals surface area (Å²) in [5.41, 5.74) is 4.37. The quantitative estimate of drug-likeness (QED) is 0.782. The smallest absolute Gasteiger partial charge is 0.410 e. The van der Waals surface area contributed by atoms with Gasteiger partial charge in [-0.05, 0) is 40.5 Å². The molecule has 1 aliphatic carbocycles. The zero-order chi connectivity index (χ0) is 20.8. The van der Waals surface area contributed by atoms with E-state index in [1.165, 1.54) is 0 Å². The van der Waals surface area contributed by atoms with Crippen molar-refractivity contribution in [3.8, 4) is 17.1 Å². The third kappa shape index (κ3) is 3.80. The average molecular weight is 399 g/mol. The van der Waals surface area contributed by atoms with E-state index in [2.05, 4.69) is 16.9 Å². The summed E-state index contributed by atoms with van der Waals surface area (Å²) in [6.45, 7) is 9.58. The van der Waals surface area contributed by atoms with Gasteiger partial charge in [0.1, 0.15) is 17.6 Å². The molecule has 4 rings (SSSR count). The molecule has 29 heavy (non-hydrogen) atoms. The number of rotatable bonds is 4. The number of aryl methyl sites for hydroxylation is 1. The topological polar surface area (TPSA) is 82.4 Å². The van der Waals surface area contributed by atoms with E-state index < -0.39 is 5.60 Å². The standard InChI is InChI=1S/C21H29N5O3/c1-6-26-15-9-10-25(20(27)29-21(2,3)4)11-14(15)18(24-26)16-17(13-7-8-13)22-12-23-19(16)28-5/h12-13H,6-11H2,1-5H3. The fraction of sp³-hybridized carbons (Fsp3) is 0.619. The van der Waals surface area contributed by atoms with Gasteiger partial charge in [-0.3, -0.25) is 4.68 Å². The summed E-state index contributed by atoms with van der Waals surface area (Å²) in [7, 11) is 1.62. The lowest BCUT2D eigenvalue weighted by Gasteiger charge is -2.30. The van der Waals surface area contributed by atoms with E-state index in [1.54, 1.807) is 18.3 Å². The molecule has 0 unspecified atom stereocenters. The second kappa shape index (κ2) is 7.31. The van der Waals surface area contributed by atoms with Crippen LogP contribution in [-0.2, 0) is 24.2 Å². The second-order valence-electron chi connectivity index (χ2n) is 8.66. The van der Waals surface area contributed by atoms with Gasteiger partial charge in [0.15, 0.2) is 0 Å². The first-order chi connectivity index (χ1) is 13.8. The lowest BCUT2D eigenvalue weighted by molar-refractivity contribution is 0.0223. The first kappa shape index (κ1) is 19.7. The van der Waals surface area contributed by atoms with Crippen molar-refractivity contribution in [1.29, 1.82) is 0 Å². The molecular weight excluding hydrogens is 370 g/mol. The zero-order valence-electron chi connectivity index (χ0n) is 17.9. The molecule has 0 atom stereocenters. The first-order valence-electron chi connectivity index (χ1n) is 10.3. The fourth-order valence-electron chi connectivity index (χ4n) is 3.86. The minimum absolute atomic E-state index is 0.294. The molecule has 2 aliphatic rings. The molecular formula is C21H29N5O3. The van der Waals surface area contributed by atoms with Crippen LogP contribution in [0, 0.1) is 0 Å². The van der Waals surface area contributed by atoms with Crippen molar-refractivity contribution < 1.29 is 14.3 Å². The van der Waals surface area contributed by atoms with Gasteiger partial charge in [0, 0.05) is 36.7 Å². The van der Waals surface area contributed by atoms with Crippen molar-refractivity contribution in [3.05, 3.63) is 23.3 Å². The Morgan fingerprint density at radius 3 is 2.66 bits per heavy atom. The molecule has 8 nitrogen and oxygen atoms in total. The van der Waals surface area contributed by atoms with Gasteiger partial charge in [-0.25, -0.2) is 14.8 Å². The highest BCUT2D eigenvalue weighted by molar-refractivity contribution is 5.74. The Morgan fingerprint density at radius 1 is 1.28 bits per heavy atom. The Balaban J connectivity index is 1.77. The van der Waals surface area contributed by atoms with Gasteiger partial charge in [0.2, 0.25) is 5.88 Å². The number of hydrogen-bond donors (Lipinski definition) is 0. The zero-order valence-corrected chi connectivity index (χ0v) is 17.9. The van der Waals surface area contributed by atoms with Gasteiger partial charge in [-0.1, -0.05) is 0 Å². The predicted molar refractivity (Wildman–Crippen MR) is 108 cm³/mol. The number of nitrogens with zero attached hydrogens (tertiary/aromatic N) is 5. The Bertz CT molecular complexity index is 927. The van der Waals surface area contributed by atoms with Crippen LogP contribution in [0.1, 0.15) is 63.4 Å². The monoisotopic (exact) mass is 399 g/mol. The van der Waals surface area contributed by atoms with Crippen molar-refractivity contribution >= 4 is 6.09 Å². The van der Waals surface area contributed by atoms with E-state index in [0.717, 1.165) is 54.0 Å². The summed E-state index contributed by atoms with van der Waals surface area (Å²) in [5.74, 6) is 0.967. The van der Waals surface area contributed by atoms with Crippen LogP contribution in [0.4, 0.5) is 4.79 Å². The van der Waals surface area contributed by atoms with Crippen molar-refractivity contribution in [2.45, 2.75) is 71.6 Å². The third-order valence-corrected chi connectivity index (χ3v) is 5.32. The van der Waals surface area contributed by atoms with E-state index in [9.17, 15) is 4.79 Å². The maximum atomic E-state index is 12.7. The van der Waals surface area contributed by atoms with Crippen molar-refractivity contribution in [2.75, 3.05) is 13.7 Å². The van der Waals surface area contributed by atoms with Crippen LogP contribution in [0.5, 0.6) is 5.88 Å². The lowest BCUT2D eigenvalue weighted by Crippen LogP contribution is -2.40. The van der Waals surface area contributed by atoms with E-state index in [1.807, 2.05) is 25.5 Å². The number of fused-ring (bicyclic) bond motifs is 1. The van der Waals surface area contributed by atoms with Crippen LogP contribution in [0.15, 0.2) is 6.33 Å². The van der Waals surface area contributed by atoms with Crippen LogP contribution >= 0.6 is 0 Å². The first-order valence-corrected chi connectivity index (χ1v) is 10.3. The molecule has 1 saturated carbocycles. The molecule has 0 N–H and O–H groups in total. The lowest BCUT2D eigenvalue weighted by atomic mass is 9.99. The Kier molecular flexibility index (Phi) is 4.96. The molecule has 2 aromatic heterocycles. The van der Waals surface area contributed by atoms with Crippen molar-refractivity contribution in [2.24, 2.45) is 0 Å². The molecule has 0 radical (unpaired) electrons. The molecule has 0 bridgehead atoms. The minimum atomic E-state index is -0.524. The van der Waals surface area contributed by atoms with Gasteiger partial charge >= 0.3 is 6.09 Å². The highest BCUT2D eigenvalue weighted by Gasteiger charge is 2.35. The van der Waals surface area contributed by atoms with Gasteiger partial charge in [-0.2, -0.15) is 5.10 Å². The Morgan fingerprint density at radius 2 is 2.03 bits per heavy atom. The highest BCUT2D eigenvalue weighted by atomic mass is 16.6. The van der Waals surface area contributed by atoms with Crippen LogP contribution < -0.4 is 4.74 Å². The summed E-state index contributed by atoms with van der Waals surface area (Å²) in [6.07, 6.45) is 4.25. The molecule has 0 spiro atoms. The molecule has 2 aromatic rings. The van der Waals surface area contributed by atoms with E-state index >= 15 is 0 Å². The summed E-state index contributed by atoms with van der Waals surface area (Å²) >= 11 is 0. The van der Waals surface area contributed by atoms with E-state index in [-0.39, 0.29) is 6.09 Å². The van der Waals surface area contributed by atoms with Gasteiger partial charge < -0.3 is 14.4 Å². The normalized spacial score (nSPS) is 16.5. The highest BCUT2D eigenvalue weighted by Crippen LogP contribution is 2.46. The van der Waals surface area contributed by atoms with Crippen LogP contribution in [0.3, 0.4) is 0 Å². The molecule has 0 saturated heterocycles. The van der Waals surface area contributed by atoms with E-state index in [0.29, 0.717) is 24.9 Å². The largest absolute Gasteiger partial charge is 0.480 e. The number of carbonyl (C=O) groups excluding carboxylic acids is 1. The van der Waals surface area contributed by atoms with Crippen molar-refractivity contribution in [3.63, 3.8) is 0 Å². The molecule has 3 heterocycles. The number of carbonyl (C=O) groups is 1. The summed E-state index contributed by atoms with van der Waals surface area (Å²) in [6, 6.07) is 0. The molecule has 1 aliphatic heterocycles. The van der Waals surface area contributed by atoms with Crippen molar-refractivity contribution in [1.82, 2.24) is 24.6 Å². The number of amides is 1. The van der Waals surface area contributed by atoms with E-state index in [4.69, 9.17) is 14.6 Å². The molecule has 8 heteroatoms. The SMILES string of the molecule is CCn1nc(-c2c(OC)ncnc2C2CC2)c2c1CCN(C(=O)OC(C)(C)C)C2. The summed E-state index contributed by atoms with van der Waals surface area (Å²) in [4.78, 5) is 23.3. The molecule has 1 amide bonds. The second-order valence-corrected chi connectivity index (χ2v) is 8.66. The number of hydrogen-bond acceptors (Lipinski definition) is 6. The van der Waals surface area contributed by atoms with Crippen LogP contribution in [0.2, 0.25) is 0 Å². The van der Waals surface area contributed by atoms with Gasteiger partial charge in [-0.15, -0.1) is 0 Å². The maximum Gasteiger partial charge on any atom is 0.410 e. The Labute approximate surface area is 171 Å². The van der Waals surface area contributed by atoms with Crippen LogP contribution in [0.25, 0.3) is 11.3 Å². The fourth-order valence-corrected chi connectivity index (χ4v) is 3.86. The minimum Gasteiger partial charge on any atom is -0.480 e. The average Bonchev–Trinajstić information content (AvgIpc) is 3.46. The van der Waals surface area contributed by atoms with Crippen LogP contribution in [-0.4, -0.2) is 50.0 Å². The molecule has 0 aromatic carbocycles.